The minimum Gasteiger partial charge on any atom is -0.396 e. The summed E-state index contributed by atoms with van der Waals surface area (Å²) in [7, 11) is 0. The first-order valence-corrected chi connectivity index (χ1v) is 6.52. The number of aryl methyl sites for hydroxylation is 1. The predicted octanol–water partition coefficient (Wildman–Crippen LogP) is 3.13. The van der Waals surface area contributed by atoms with E-state index >= 15 is 0 Å². The molecule has 0 spiro atoms. The zero-order valence-corrected chi connectivity index (χ0v) is 10.9. The van der Waals surface area contributed by atoms with Crippen molar-refractivity contribution in [1.29, 1.82) is 0 Å². The molecule has 100 valence electrons. The van der Waals surface area contributed by atoms with Crippen molar-refractivity contribution in [2.45, 2.75) is 39.0 Å². The molecule has 1 rings (SSSR count). The van der Waals surface area contributed by atoms with Gasteiger partial charge in [0, 0.05) is 18.9 Å². The Labute approximate surface area is 108 Å². The number of hydrogen-bond acceptors (Lipinski definition) is 2. The average Bonchev–Trinajstić information content (AvgIpc) is 2.37. The number of unbranched alkanes of at least 4 members (excludes halogenated alkanes) is 1. The highest BCUT2D eigenvalue weighted by atomic mass is 19.1. The molecule has 18 heavy (non-hydrogen) atoms. The van der Waals surface area contributed by atoms with Gasteiger partial charge in [-0.15, -0.1) is 0 Å². The molecular formula is C15H21FO2. The molecule has 1 N–H and O–H groups in total. The van der Waals surface area contributed by atoms with Crippen LogP contribution in [-0.2, 0) is 11.2 Å². The minimum atomic E-state index is -0.238. The molecule has 3 heteroatoms. The Morgan fingerprint density at radius 2 is 2.06 bits per heavy atom. The van der Waals surface area contributed by atoms with E-state index < -0.39 is 0 Å². The number of halogens is 1. The maximum absolute atomic E-state index is 13.4. The van der Waals surface area contributed by atoms with Crippen LogP contribution in [0.1, 0.15) is 38.2 Å². The van der Waals surface area contributed by atoms with Crippen LogP contribution in [0, 0.1) is 11.7 Å². The molecular weight excluding hydrogens is 231 g/mol. The van der Waals surface area contributed by atoms with Crippen LogP contribution in [-0.4, -0.2) is 17.5 Å². The second-order valence-electron chi connectivity index (χ2n) is 4.68. The van der Waals surface area contributed by atoms with Crippen LogP contribution in [0.25, 0.3) is 0 Å². The molecule has 0 saturated heterocycles. The van der Waals surface area contributed by atoms with Gasteiger partial charge in [0.05, 0.1) is 0 Å². The van der Waals surface area contributed by atoms with Gasteiger partial charge in [0.1, 0.15) is 11.6 Å². The molecule has 0 aliphatic carbocycles. The zero-order valence-electron chi connectivity index (χ0n) is 10.9. The number of rotatable bonds is 8. The molecule has 2 nitrogen and oxygen atoms in total. The van der Waals surface area contributed by atoms with Gasteiger partial charge in [-0.1, -0.05) is 31.5 Å². The van der Waals surface area contributed by atoms with E-state index in [0.717, 1.165) is 19.3 Å². The largest absolute Gasteiger partial charge is 0.396 e. The Bertz CT molecular complexity index is 377. The summed E-state index contributed by atoms with van der Waals surface area (Å²) in [5.74, 6) is -0.0576. The van der Waals surface area contributed by atoms with Crippen molar-refractivity contribution in [2.24, 2.45) is 5.92 Å². The topological polar surface area (TPSA) is 37.3 Å². The summed E-state index contributed by atoms with van der Waals surface area (Å²) in [6.45, 7) is 2.08. The lowest BCUT2D eigenvalue weighted by Gasteiger charge is -2.10. The molecule has 0 aliphatic rings. The number of hydrogen-bond donors (Lipinski definition) is 1. The van der Waals surface area contributed by atoms with Crippen LogP contribution in [0.5, 0.6) is 0 Å². The number of carbonyl (C=O) groups is 1. The van der Waals surface area contributed by atoms with Gasteiger partial charge in [-0.2, -0.15) is 0 Å². The van der Waals surface area contributed by atoms with Crippen molar-refractivity contribution in [3.8, 4) is 0 Å². The lowest BCUT2D eigenvalue weighted by atomic mass is 9.95. The highest BCUT2D eigenvalue weighted by molar-refractivity contribution is 5.80. The zero-order chi connectivity index (χ0) is 13.4. The van der Waals surface area contributed by atoms with Gasteiger partial charge in [-0.3, -0.25) is 4.79 Å². The summed E-state index contributed by atoms with van der Waals surface area (Å²) in [4.78, 5) is 11.8. The van der Waals surface area contributed by atoms with E-state index in [-0.39, 0.29) is 24.1 Å². The van der Waals surface area contributed by atoms with Crippen LogP contribution >= 0.6 is 0 Å². The number of Topliss-reactive ketones (excluding diaryl/α,β-unsaturated/α-hetero) is 1. The van der Waals surface area contributed by atoms with E-state index in [1.54, 1.807) is 18.2 Å². The third-order valence-electron chi connectivity index (χ3n) is 3.19. The lowest BCUT2D eigenvalue weighted by Crippen LogP contribution is -2.12. The standard InChI is InChI=1S/C15H21FO2/c1-12(6-4-5-11-17)15(18)10-9-13-7-2-3-8-14(13)16/h2-3,7-8,12,17H,4-6,9-11H2,1H3/t12-/m0/s1. The Morgan fingerprint density at radius 1 is 1.33 bits per heavy atom. The summed E-state index contributed by atoms with van der Waals surface area (Å²) in [6, 6.07) is 6.58. The fourth-order valence-corrected chi connectivity index (χ4v) is 1.93. The van der Waals surface area contributed by atoms with E-state index in [1.165, 1.54) is 6.07 Å². The summed E-state index contributed by atoms with van der Waals surface area (Å²) < 4.78 is 13.4. The van der Waals surface area contributed by atoms with Gasteiger partial charge in [0.2, 0.25) is 0 Å². The van der Waals surface area contributed by atoms with Gasteiger partial charge < -0.3 is 5.11 Å². The van der Waals surface area contributed by atoms with E-state index in [9.17, 15) is 9.18 Å². The first-order chi connectivity index (χ1) is 8.65. The minimum absolute atomic E-state index is 0.00308. The van der Waals surface area contributed by atoms with Crippen molar-refractivity contribution in [2.75, 3.05) is 6.61 Å². The smallest absolute Gasteiger partial charge is 0.136 e. The maximum Gasteiger partial charge on any atom is 0.136 e. The molecule has 0 fully saturated rings. The third kappa shape index (κ3) is 4.96. The molecule has 0 heterocycles. The third-order valence-corrected chi connectivity index (χ3v) is 3.19. The molecule has 1 aromatic carbocycles. The van der Waals surface area contributed by atoms with Crippen molar-refractivity contribution in [3.63, 3.8) is 0 Å². The summed E-state index contributed by atoms with van der Waals surface area (Å²) in [5, 5.41) is 8.67. The van der Waals surface area contributed by atoms with E-state index in [0.29, 0.717) is 18.4 Å². The first-order valence-electron chi connectivity index (χ1n) is 6.52. The normalized spacial score (nSPS) is 12.4. The van der Waals surface area contributed by atoms with Gasteiger partial charge in [0.25, 0.3) is 0 Å². The summed E-state index contributed by atoms with van der Waals surface area (Å²) >= 11 is 0. The number of aliphatic hydroxyl groups excluding tert-OH is 1. The second kappa shape index (κ2) is 7.98. The number of carbonyl (C=O) groups excluding carboxylic acids is 1. The summed E-state index contributed by atoms with van der Waals surface area (Å²) in [5.41, 5.74) is 0.605. The maximum atomic E-state index is 13.4. The molecule has 1 aromatic rings. The molecule has 0 radical (unpaired) electrons. The van der Waals surface area contributed by atoms with Crippen molar-refractivity contribution in [1.82, 2.24) is 0 Å². The molecule has 0 amide bonds. The Balaban J connectivity index is 2.34. The lowest BCUT2D eigenvalue weighted by molar-refractivity contribution is -0.122. The van der Waals surface area contributed by atoms with Gasteiger partial charge in [-0.25, -0.2) is 4.39 Å². The van der Waals surface area contributed by atoms with Crippen LogP contribution in [0.2, 0.25) is 0 Å². The second-order valence-corrected chi connectivity index (χ2v) is 4.68. The Hall–Kier alpha value is -1.22. The van der Waals surface area contributed by atoms with Gasteiger partial charge >= 0.3 is 0 Å². The fourth-order valence-electron chi connectivity index (χ4n) is 1.93. The Morgan fingerprint density at radius 3 is 2.72 bits per heavy atom. The van der Waals surface area contributed by atoms with Crippen molar-refractivity contribution < 1.29 is 14.3 Å². The quantitative estimate of drug-likeness (QED) is 0.722. The van der Waals surface area contributed by atoms with Gasteiger partial charge in [0.15, 0.2) is 0 Å². The molecule has 0 aliphatic heterocycles. The highest BCUT2D eigenvalue weighted by Crippen LogP contribution is 2.14. The van der Waals surface area contributed by atoms with Crippen LogP contribution in [0.15, 0.2) is 24.3 Å². The summed E-state index contributed by atoms with van der Waals surface area (Å²) in [6.07, 6.45) is 3.27. The fraction of sp³-hybridized carbons (Fsp3) is 0.533. The van der Waals surface area contributed by atoms with Gasteiger partial charge in [-0.05, 0) is 30.9 Å². The van der Waals surface area contributed by atoms with Crippen LogP contribution in [0.3, 0.4) is 0 Å². The van der Waals surface area contributed by atoms with Crippen molar-refractivity contribution in [3.05, 3.63) is 35.6 Å². The molecule has 1 atom stereocenters. The van der Waals surface area contributed by atoms with E-state index in [4.69, 9.17) is 5.11 Å². The Kier molecular flexibility index (Phi) is 6.58. The number of ketones is 1. The molecule has 0 aromatic heterocycles. The van der Waals surface area contributed by atoms with Crippen molar-refractivity contribution >= 4 is 5.78 Å². The number of benzene rings is 1. The first kappa shape index (κ1) is 14.8. The average molecular weight is 252 g/mol. The van der Waals surface area contributed by atoms with E-state index in [2.05, 4.69) is 0 Å². The molecule has 0 bridgehead atoms. The van der Waals surface area contributed by atoms with Crippen LogP contribution in [0.4, 0.5) is 4.39 Å². The number of aliphatic hydroxyl groups is 1. The van der Waals surface area contributed by atoms with Crippen LogP contribution < -0.4 is 0 Å². The SMILES string of the molecule is C[C@@H](CCCCO)C(=O)CCc1ccccc1F. The predicted molar refractivity (Wildman–Crippen MR) is 69.8 cm³/mol. The highest BCUT2D eigenvalue weighted by Gasteiger charge is 2.13. The molecule has 0 saturated carbocycles. The van der Waals surface area contributed by atoms with E-state index in [1.807, 2.05) is 6.92 Å². The molecule has 0 unspecified atom stereocenters. The monoisotopic (exact) mass is 252 g/mol.